The maximum Gasteiger partial charge on any atom is 0.335 e. The molecule has 0 saturated heterocycles. The number of nitrogens with zero attached hydrogens (tertiary/aromatic N) is 3. The predicted molar refractivity (Wildman–Crippen MR) is 73.0 cm³/mol. The molecule has 2 aromatic rings. The molecule has 0 spiro atoms. The van der Waals surface area contributed by atoms with Crippen LogP contribution in [0.4, 0.5) is 13.9 Å². The van der Waals surface area contributed by atoms with Crippen LogP contribution in [0.25, 0.3) is 0 Å². The van der Waals surface area contributed by atoms with Gasteiger partial charge in [0.2, 0.25) is 5.13 Å². The molecule has 1 aliphatic rings. The van der Waals surface area contributed by atoms with Gasteiger partial charge in [0, 0.05) is 13.1 Å². The van der Waals surface area contributed by atoms with E-state index < -0.39 is 12.4 Å². The van der Waals surface area contributed by atoms with Crippen LogP contribution < -0.4 is 4.90 Å². The highest BCUT2D eigenvalue weighted by Gasteiger charge is 2.22. The van der Waals surface area contributed by atoms with Gasteiger partial charge in [0.15, 0.2) is 5.01 Å². The molecular weight excluding hydrogens is 300 g/mol. The molecule has 0 bridgehead atoms. The summed E-state index contributed by atoms with van der Waals surface area (Å²) in [5.74, 6) is -0.953. The summed E-state index contributed by atoms with van der Waals surface area (Å²) in [6, 6.07) is 4.98. The number of benzene rings is 1. The molecule has 1 aromatic heterocycles. The number of fused-ring (bicyclic) bond motifs is 1. The second-order valence-corrected chi connectivity index (χ2v) is 5.67. The van der Waals surface area contributed by atoms with Gasteiger partial charge in [-0.15, -0.1) is 10.2 Å². The Hall–Kier alpha value is -2.09. The number of aromatic carboxylic acids is 1. The molecule has 1 aliphatic heterocycles. The topological polar surface area (TPSA) is 66.3 Å². The summed E-state index contributed by atoms with van der Waals surface area (Å²) in [6.45, 7) is 1.13. The van der Waals surface area contributed by atoms with Crippen molar-refractivity contribution in [1.82, 2.24) is 10.2 Å². The fourth-order valence-electron chi connectivity index (χ4n) is 2.29. The number of anilines is 1. The van der Waals surface area contributed by atoms with Gasteiger partial charge in [-0.3, -0.25) is 0 Å². The van der Waals surface area contributed by atoms with Crippen LogP contribution in [0.2, 0.25) is 0 Å². The Bertz CT molecular complexity index is 690. The van der Waals surface area contributed by atoms with Gasteiger partial charge in [-0.05, 0) is 29.7 Å². The number of aromatic nitrogens is 2. The van der Waals surface area contributed by atoms with Crippen LogP contribution in [0.5, 0.6) is 0 Å². The predicted octanol–water partition coefficient (Wildman–Crippen LogP) is 2.74. The van der Waals surface area contributed by atoms with E-state index in [9.17, 15) is 13.6 Å². The Kier molecular flexibility index (Phi) is 3.54. The molecule has 1 N–H and O–H groups in total. The zero-order valence-electron chi connectivity index (χ0n) is 10.8. The van der Waals surface area contributed by atoms with E-state index in [2.05, 4.69) is 10.2 Å². The number of carboxylic acids is 1. The van der Waals surface area contributed by atoms with Crippen LogP contribution in [-0.2, 0) is 13.0 Å². The van der Waals surface area contributed by atoms with Crippen LogP contribution in [0, 0.1) is 0 Å². The fourth-order valence-corrected chi connectivity index (χ4v) is 3.02. The highest BCUT2D eigenvalue weighted by atomic mass is 32.1. The van der Waals surface area contributed by atoms with E-state index >= 15 is 0 Å². The average Bonchev–Trinajstić information content (AvgIpc) is 2.96. The highest BCUT2D eigenvalue weighted by molar-refractivity contribution is 7.15. The Balaban J connectivity index is 1.82. The largest absolute Gasteiger partial charge is 0.478 e. The molecule has 21 heavy (non-hydrogen) atoms. The molecule has 110 valence electrons. The Labute approximate surface area is 122 Å². The van der Waals surface area contributed by atoms with Gasteiger partial charge >= 0.3 is 5.97 Å². The third-order valence-electron chi connectivity index (χ3n) is 3.35. The van der Waals surface area contributed by atoms with Gasteiger partial charge in [0.1, 0.15) is 0 Å². The molecule has 3 rings (SSSR count). The van der Waals surface area contributed by atoms with E-state index in [0.717, 1.165) is 22.5 Å². The van der Waals surface area contributed by atoms with Crippen molar-refractivity contribution in [1.29, 1.82) is 0 Å². The molecule has 0 unspecified atom stereocenters. The first-order valence-electron chi connectivity index (χ1n) is 6.26. The second-order valence-electron chi connectivity index (χ2n) is 4.68. The third kappa shape index (κ3) is 2.71. The maximum atomic E-state index is 12.5. The number of carboxylic acid groups (broad SMARTS) is 1. The van der Waals surface area contributed by atoms with Gasteiger partial charge in [0.05, 0.1) is 5.56 Å². The zero-order valence-corrected chi connectivity index (χ0v) is 11.6. The van der Waals surface area contributed by atoms with Crippen molar-refractivity contribution in [2.75, 3.05) is 11.4 Å². The lowest BCUT2D eigenvalue weighted by Crippen LogP contribution is -2.30. The van der Waals surface area contributed by atoms with Gasteiger partial charge in [-0.1, -0.05) is 17.4 Å². The third-order valence-corrected chi connectivity index (χ3v) is 4.34. The van der Waals surface area contributed by atoms with Crippen molar-refractivity contribution in [2.45, 2.75) is 19.4 Å². The minimum absolute atomic E-state index is 0.262. The molecule has 1 aromatic carbocycles. The maximum absolute atomic E-state index is 12.5. The number of alkyl halides is 2. The summed E-state index contributed by atoms with van der Waals surface area (Å²) in [6.07, 6.45) is -1.95. The quantitative estimate of drug-likeness (QED) is 0.944. The molecule has 8 heteroatoms. The lowest BCUT2D eigenvalue weighted by Gasteiger charge is -2.28. The van der Waals surface area contributed by atoms with E-state index in [1.807, 2.05) is 4.90 Å². The van der Waals surface area contributed by atoms with Crippen molar-refractivity contribution >= 4 is 22.4 Å². The van der Waals surface area contributed by atoms with E-state index in [0.29, 0.717) is 24.6 Å². The number of hydrogen-bond donors (Lipinski definition) is 1. The first-order chi connectivity index (χ1) is 10.0. The van der Waals surface area contributed by atoms with Crippen LogP contribution in [0.1, 0.15) is 32.9 Å². The van der Waals surface area contributed by atoms with Crippen molar-refractivity contribution in [3.05, 3.63) is 39.9 Å². The summed E-state index contributed by atoms with van der Waals surface area (Å²) in [5, 5.41) is 16.4. The summed E-state index contributed by atoms with van der Waals surface area (Å²) in [4.78, 5) is 12.8. The molecule has 2 heterocycles. The molecule has 0 fully saturated rings. The molecule has 0 aliphatic carbocycles. The number of rotatable bonds is 3. The Morgan fingerprint density at radius 3 is 2.81 bits per heavy atom. The summed E-state index contributed by atoms with van der Waals surface area (Å²) >= 11 is 0.890. The van der Waals surface area contributed by atoms with Gasteiger partial charge < -0.3 is 10.0 Å². The SMILES string of the molecule is O=C(O)c1ccc2c(c1)CCN(c1nnc(C(F)F)s1)C2. The van der Waals surface area contributed by atoms with E-state index in [4.69, 9.17) is 5.11 Å². The molecule has 5 nitrogen and oxygen atoms in total. The van der Waals surface area contributed by atoms with Crippen molar-refractivity contribution in [2.24, 2.45) is 0 Å². The molecule has 0 atom stereocenters. The van der Waals surface area contributed by atoms with Crippen LogP contribution >= 0.6 is 11.3 Å². The van der Waals surface area contributed by atoms with E-state index in [1.165, 1.54) is 0 Å². The van der Waals surface area contributed by atoms with Gasteiger partial charge in [-0.2, -0.15) is 0 Å². The number of halogens is 2. The lowest BCUT2D eigenvalue weighted by molar-refractivity contribution is 0.0696. The Morgan fingerprint density at radius 1 is 1.33 bits per heavy atom. The number of carbonyl (C=O) groups is 1. The summed E-state index contributed by atoms with van der Waals surface area (Å²) < 4.78 is 25.1. The van der Waals surface area contributed by atoms with Gasteiger partial charge in [-0.25, -0.2) is 13.6 Å². The van der Waals surface area contributed by atoms with Gasteiger partial charge in [0.25, 0.3) is 6.43 Å². The van der Waals surface area contributed by atoms with Crippen molar-refractivity contribution in [3.8, 4) is 0 Å². The molecule has 0 radical (unpaired) electrons. The van der Waals surface area contributed by atoms with Crippen molar-refractivity contribution < 1.29 is 18.7 Å². The standard InChI is InChI=1S/C13H11F2N3O2S/c14-10(15)11-16-17-13(21-11)18-4-3-7-5-8(12(19)20)1-2-9(7)6-18/h1-2,5,10H,3-4,6H2,(H,19,20). The minimum Gasteiger partial charge on any atom is -0.478 e. The molecular formula is C13H11F2N3O2S. The molecule has 0 saturated carbocycles. The van der Waals surface area contributed by atoms with Crippen LogP contribution in [-0.4, -0.2) is 27.8 Å². The van der Waals surface area contributed by atoms with E-state index in [-0.39, 0.29) is 10.6 Å². The second kappa shape index (κ2) is 5.36. The summed E-state index contributed by atoms with van der Waals surface area (Å²) in [7, 11) is 0. The minimum atomic E-state index is -2.61. The normalized spacial score (nSPS) is 14.3. The van der Waals surface area contributed by atoms with Crippen LogP contribution in [0.3, 0.4) is 0 Å². The van der Waals surface area contributed by atoms with Crippen molar-refractivity contribution in [3.63, 3.8) is 0 Å². The first kappa shape index (κ1) is 13.9. The smallest absolute Gasteiger partial charge is 0.335 e. The zero-order chi connectivity index (χ0) is 15.0. The summed E-state index contributed by atoms with van der Waals surface area (Å²) in [5.41, 5.74) is 2.22. The fraction of sp³-hybridized carbons (Fsp3) is 0.308. The monoisotopic (exact) mass is 311 g/mol. The van der Waals surface area contributed by atoms with Crippen LogP contribution in [0.15, 0.2) is 18.2 Å². The number of hydrogen-bond acceptors (Lipinski definition) is 5. The molecule has 0 amide bonds. The van der Waals surface area contributed by atoms with E-state index in [1.54, 1.807) is 18.2 Å². The Morgan fingerprint density at radius 2 is 2.14 bits per heavy atom. The lowest BCUT2D eigenvalue weighted by atomic mass is 9.97. The first-order valence-corrected chi connectivity index (χ1v) is 7.08. The highest BCUT2D eigenvalue weighted by Crippen LogP contribution is 2.31. The average molecular weight is 311 g/mol.